The number of aromatic amines is 1. The summed E-state index contributed by atoms with van der Waals surface area (Å²) in [4.78, 5) is 11.0. The molecule has 0 aliphatic rings. The van der Waals surface area contributed by atoms with Crippen molar-refractivity contribution in [3.05, 3.63) is 29.1 Å². The number of rotatable bonds is 2. The van der Waals surface area contributed by atoms with E-state index in [2.05, 4.69) is 10.2 Å². The van der Waals surface area contributed by atoms with Gasteiger partial charge in [-0.15, -0.1) is 0 Å². The Kier molecular flexibility index (Phi) is 2.13. The van der Waals surface area contributed by atoms with Gasteiger partial charge in [0.2, 0.25) is 0 Å². The Hall–Kier alpha value is -1.55. The summed E-state index contributed by atoms with van der Waals surface area (Å²) in [6.07, 6.45) is 0. The van der Waals surface area contributed by atoms with E-state index in [-0.39, 0.29) is 5.78 Å². The Bertz CT molecular complexity index is 473. The third kappa shape index (κ3) is 1.56. The number of carbonyl (C=O) groups excluding carboxylic acids is 1. The van der Waals surface area contributed by atoms with Gasteiger partial charge in [0.05, 0.1) is 0 Å². The maximum absolute atomic E-state index is 11.0. The van der Waals surface area contributed by atoms with E-state index in [0.717, 1.165) is 0 Å². The second-order valence-corrected chi connectivity index (χ2v) is 3.20. The SMILES string of the molecule is CC(=O)c1cc(-c2ccc(Cl)o2)[nH]n1. The topological polar surface area (TPSA) is 58.9 Å². The maximum Gasteiger partial charge on any atom is 0.194 e. The van der Waals surface area contributed by atoms with Gasteiger partial charge in [-0.3, -0.25) is 9.89 Å². The molecule has 4 nitrogen and oxygen atoms in total. The van der Waals surface area contributed by atoms with Crippen LogP contribution in [-0.2, 0) is 0 Å². The molecule has 0 saturated heterocycles. The van der Waals surface area contributed by atoms with Crippen LogP contribution >= 0.6 is 11.6 Å². The van der Waals surface area contributed by atoms with E-state index >= 15 is 0 Å². The van der Waals surface area contributed by atoms with Crippen LogP contribution in [0.3, 0.4) is 0 Å². The Morgan fingerprint density at radius 2 is 2.36 bits per heavy atom. The lowest BCUT2D eigenvalue weighted by atomic mass is 10.2. The summed E-state index contributed by atoms with van der Waals surface area (Å²) in [5.74, 6) is 0.472. The fourth-order valence-electron chi connectivity index (χ4n) is 1.09. The summed E-state index contributed by atoms with van der Waals surface area (Å²) >= 11 is 5.61. The summed E-state index contributed by atoms with van der Waals surface area (Å²) in [5, 5.41) is 6.82. The molecule has 2 aromatic heterocycles. The van der Waals surface area contributed by atoms with Crippen molar-refractivity contribution in [3.8, 4) is 11.5 Å². The second kappa shape index (κ2) is 3.31. The number of halogens is 1. The number of hydrogen-bond acceptors (Lipinski definition) is 3. The predicted octanol–water partition coefficient (Wildman–Crippen LogP) is 2.53. The van der Waals surface area contributed by atoms with Gasteiger partial charge in [-0.1, -0.05) is 0 Å². The number of nitrogens with zero attached hydrogens (tertiary/aromatic N) is 1. The number of nitrogens with one attached hydrogen (secondary N) is 1. The smallest absolute Gasteiger partial charge is 0.194 e. The van der Waals surface area contributed by atoms with Crippen LogP contribution in [0, 0.1) is 0 Å². The van der Waals surface area contributed by atoms with Gasteiger partial charge in [0, 0.05) is 6.92 Å². The van der Waals surface area contributed by atoms with Crippen LogP contribution in [-0.4, -0.2) is 16.0 Å². The lowest BCUT2D eigenvalue weighted by Crippen LogP contribution is -1.90. The number of ketones is 1. The summed E-state index contributed by atoms with van der Waals surface area (Å²) in [7, 11) is 0. The number of aromatic nitrogens is 2. The monoisotopic (exact) mass is 210 g/mol. The van der Waals surface area contributed by atoms with Gasteiger partial charge in [-0.25, -0.2) is 0 Å². The fourth-order valence-corrected chi connectivity index (χ4v) is 1.23. The zero-order chi connectivity index (χ0) is 10.1. The first kappa shape index (κ1) is 9.02. The molecule has 14 heavy (non-hydrogen) atoms. The van der Waals surface area contributed by atoms with Crippen LogP contribution in [0.15, 0.2) is 22.6 Å². The van der Waals surface area contributed by atoms with Crippen molar-refractivity contribution in [2.24, 2.45) is 0 Å². The van der Waals surface area contributed by atoms with Gasteiger partial charge in [-0.2, -0.15) is 5.10 Å². The molecule has 0 bridgehead atoms. The largest absolute Gasteiger partial charge is 0.443 e. The van der Waals surface area contributed by atoms with Gasteiger partial charge >= 0.3 is 0 Å². The Labute approximate surface area is 84.9 Å². The molecule has 0 fully saturated rings. The first-order chi connectivity index (χ1) is 6.66. The quantitative estimate of drug-likeness (QED) is 0.775. The normalized spacial score (nSPS) is 10.4. The van der Waals surface area contributed by atoms with E-state index in [0.29, 0.717) is 22.4 Å². The molecule has 0 aliphatic carbocycles. The second-order valence-electron chi connectivity index (χ2n) is 2.83. The molecule has 0 saturated carbocycles. The first-order valence-corrected chi connectivity index (χ1v) is 4.36. The summed E-state index contributed by atoms with van der Waals surface area (Å²) in [6, 6.07) is 4.96. The van der Waals surface area contributed by atoms with Crippen LogP contribution in [0.5, 0.6) is 0 Å². The van der Waals surface area contributed by atoms with Crippen molar-refractivity contribution < 1.29 is 9.21 Å². The average molecular weight is 211 g/mol. The van der Waals surface area contributed by atoms with Crippen LogP contribution in [0.4, 0.5) is 0 Å². The van der Waals surface area contributed by atoms with Crippen molar-refractivity contribution in [3.63, 3.8) is 0 Å². The van der Waals surface area contributed by atoms with Gasteiger partial charge in [0.15, 0.2) is 16.8 Å². The van der Waals surface area contributed by atoms with Crippen LogP contribution < -0.4 is 0 Å². The highest BCUT2D eigenvalue weighted by Crippen LogP contribution is 2.23. The lowest BCUT2D eigenvalue weighted by Gasteiger charge is -1.86. The summed E-state index contributed by atoms with van der Waals surface area (Å²) in [6.45, 7) is 1.45. The Morgan fingerprint density at radius 1 is 1.57 bits per heavy atom. The third-order valence-corrected chi connectivity index (χ3v) is 1.98. The van der Waals surface area contributed by atoms with Crippen LogP contribution in [0.2, 0.25) is 5.22 Å². The number of hydrogen-bond donors (Lipinski definition) is 1. The average Bonchev–Trinajstić information content (AvgIpc) is 2.70. The minimum atomic E-state index is -0.0925. The molecule has 5 heteroatoms. The molecule has 2 heterocycles. The van der Waals surface area contributed by atoms with E-state index in [1.54, 1.807) is 18.2 Å². The van der Waals surface area contributed by atoms with Crippen molar-refractivity contribution in [2.75, 3.05) is 0 Å². The van der Waals surface area contributed by atoms with E-state index < -0.39 is 0 Å². The molecule has 0 spiro atoms. The molecule has 0 aromatic carbocycles. The van der Waals surface area contributed by atoms with Crippen molar-refractivity contribution in [1.29, 1.82) is 0 Å². The first-order valence-electron chi connectivity index (χ1n) is 3.99. The fraction of sp³-hybridized carbons (Fsp3) is 0.111. The van der Waals surface area contributed by atoms with E-state index in [4.69, 9.17) is 16.0 Å². The van der Waals surface area contributed by atoms with Crippen molar-refractivity contribution >= 4 is 17.4 Å². The molecule has 0 aliphatic heterocycles. The van der Waals surface area contributed by atoms with Gasteiger partial charge in [0.25, 0.3) is 0 Å². The molecule has 2 rings (SSSR count). The zero-order valence-corrected chi connectivity index (χ0v) is 8.13. The van der Waals surface area contributed by atoms with Crippen LogP contribution in [0.1, 0.15) is 17.4 Å². The molecule has 0 radical (unpaired) electrons. The number of carbonyl (C=O) groups is 1. The molecule has 0 atom stereocenters. The van der Waals surface area contributed by atoms with E-state index in [1.165, 1.54) is 6.92 Å². The van der Waals surface area contributed by atoms with Crippen molar-refractivity contribution in [1.82, 2.24) is 10.2 Å². The van der Waals surface area contributed by atoms with Gasteiger partial charge in [-0.05, 0) is 29.8 Å². The molecular weight excluding hydrogens is 204 g/mol. The number of furan rings is 1. The van der Waals surface area contributed by atoms with Crippen LogP contribution in [0.25, 0.3) is 11.5 Å². The highest BCUT2D eigenvalue weighted by molar-refractivity contribution is 6.28. The molecular formula is C9H7ClN2O2. The van der Waals surface area contributed by atoms with E-state index in [9.17, 15) is 4.79 Å². The Balaban J connectivity index is 2.38. The minimum Gasteiger partial charge on any atom is -0.443 e. The predicted molar refractivity (Wildman–Crippen MR) is 51.3 cm³/mol. The molecule has 0 amide bonds. The minimum absolute atomic E-state index is 0.0925. The third-order valence-electron chi connectivity index (χ3n) is 1.78. The summed E-state index contributed by atoms with van der Waals surface area (Å²) < 4.78 is 5.15. The highest BCUT2D eigenvalue weighted by Gasteiger charge is 2.09. The lowest BCUT2D eigenvalue weighted by molar-refractivity contribution is 0.101. The standard InChI is InChI=1S/C9H7ClN2O2/c1-5(13)6-4-7(12-11-6)8-2-3-9(10)14-8/h2-4H,1H3,(H,11,12). The van der Waals surface area contributed by atoms with Gasteiger partial charge < -0.3 is 4.42 Å². The van der Waals surface area contributed by atoms with E-state index in [1.807, 2.05) is 0 Å². The molecule has 0 unspecified atom stereocenters. The van der Waals surface area contributed by atoms with Gasteiger partial charge in [0.1, 0.15) is 11.4 Å². The summed E-state index contributed by atoms with van der Waals surface area (Å²) in [5.41, 5.74) is 1.02. The number of Topliss-reactive ketones (excluding diaryl/α,β-unsaturated/α-hetero) is 1. The Morgan fingerprint density at radius 3 is 2.86 bits per heavy atom. The highest BCUT2D eigenvalue weighted by atomic mass is 35.5. The number of H-pyrrole nitrogens is 1. The molecule has 72 valence electrons. The zero-order valence-electron chi connectivity index (χ0n) is 7.37. The maximum atomic E-state index is 11.0. The van der Waals surface area contributed by atoms with Crippen molar-refractivity contribution in [2.45, 2.75) is 6.92 Å². The molecule has 2 aromatic rings. The molecule has 1 N–H and O–H groups in total.